The van der Waals surface area contributed by atoms with E-state index in [4.69, 9.17) is 18.3 Å². The summed E-state index contributed by atoms with van der Waals surface area (Å²) in [4.78, 5) is 49.0. The molecule has 4 aromatic rings. The van der Waals surface area contributed by atoms with Crippen molar-refractivity contribution < 1.29 is 37.5 Å². The summed E-state index contributed by atoms with van der Waals surface area (Å²) in [5, 5.41) is 4.88. The highest BCUT2D eigenvalue weighted by atomic mass is 28.4. The summed E-state index contributed by atoms with van der Waals surface area (Å²) in [5.41, 5.74) is -0.631. The van der Waals surface area contributed by atoms with Gasteiger partial charge in [-0.3, -0.25) is 19.2 Å². The van der Waals surface area contributed by atoms with E-state index in [0.29, 0.717) is 12.8 Å². The molecule has 6 saturated carbocycles. The summed E-state index contributed by atoms with van der Waals surface area (Å²) in [7, 11) is -5.38. The van der Waals surface area contributed by atoms with E-state index in [0.717, 1.165) is 25.7 Å². The fourth-order valence-corrected chi connectivity index (χ4v) is 24.6. The van der Waals surface area contributed by atoms with Crippen molar-refractivity contribution in [2.75, 3.05) is 0 Å². The Morgan fingerprint density at radius 2 is 0.955 bits per heavy atom. The van der Waals surface area contributed by atoms with Crippen LogP contribution in [-0.4, -0.2) is 64.6 Å². The van der Waals surface area contributed by atoms with E-state index in [9.17, 15) is 19.2 Å². The van der Waals surface area contributed by atoms with Gasteiger partial charge < -0.3 is 18.3 Å². The fraction of sp³-hybridized carbons (Fsp3) is 0.500. The number of hydrogen-bond donors (Lipinski definition) is 0. The second-order valence-electron chi connectivity index (χ2n) is 22.7. The molecular weight excluding hydrogens is 857 g/mol. The number of rotatable bonds is 10. The summed E-state index contributed by atoms with van der Waals surface area (Å²) >= 11 is 0. The van der Waals surface area contributed by atoms with Gasteiger partial charge in [0.25, 0.3) is 16.6 Å². The molecule has 10 heteroatoms. The molecule has 0 N–H and O–H groups in total. The molecule has 0 heterocycles. The predicted octanol–water partition coefficient (Wildman–Crippen LogP) is 8.50. The largest absolute Gasteiger partial charge is 0.454 e. The molecule has 0 radical (unpaired) electrons. The molecule has 348 valence electrons. The smallest absolute Gasteiger partial charge is 0.303 e. The van der Waals surface area contributed by atoms with Crippen molar-refractivity contribution in [3.63, 3.8) is 0 Å². The molecule has 0 bridgehead atoms. The maximum atomic E-state index is 12.7. The normalized spacial score (nSPS) is 32.9. The lowest BCUT2D eigenvalue weighted by Crippen LogP contribution is -2.68. The zero-order valence-corrected chi connectivity index (χ0v) is 42.5. The van der Waals surface area contributed by atoms with Gasteiger partial charge in [-0.1, -0.05) is 177 Å². The van der Waals surface area contributed by atoms with Crippen LogP contribution in [-0.2, 0) is 37.5 Å². The lowest BCUT2D eigenvalue weighted by molar-refractivity contribution is -0.156. The quantitative estimate of drug-likeness (QED) is 0.115. The highest BCUT2D eigenvalue weighted by Crippen LogP contribution is 2.85. The SMILES string of the molecule is CC(=O)O[C@@H]1C(=O)C[C@@H]2C13CC[C@H](O[Si](c1ccccc1)(c1ccccc1)C(C)(C)C)[C@@]23C.CC(=O)O[C@H]1C(=O)CC23CC[C@H](O[Si](c4ccccc4)(c4ccccc4)C(C)(C)C)[C@@]2(C)[C@H]13. The maximum Gasteiger partial charge on any atom is 0.303 e. The van der Waals surface area contributed by atoms with Crippen molar-refractivity contribution in [3.05, 3.63) is 121 Å². The zero-order chi connectivity index (χ0) is 47.3. The molecule has 6 fully saturated rings. The van der Waals surface area contributed by atoms with Gasteiger partial charge in [-0.2, -0.15) is 0 Å². The fourth-order valence-electron chi connectivity index (χ4n) is 15.0. The average molecular weight is 925 g/mol. The van der Waals surface area contributed by atoms with Crippen molar-refractivity contribution in [2.45, 2.75) is 142 Å². The molecule has 0 aliphatic heterocycles. The van der Waals surface area contributed by atoms with Crippen LogP contribution in [0.15, 0.2) is 121 Å². The molecule has 8 nitrogen and oxygen atoms in total. The number of Topliss-reactive ketones (excluding diaryl/α,β-unsaturated/α-hetero) is 2. The Hall–Kier alpha value is -4.49. The maximum absolute atomic E-state index is 12.7. The van der Waals surface area contributed by atoms with Gasteiger partial charge in [0.1, 0.15) is 0 Å². The van der Waals surface area contributed by atoms with Crippen LogP contribution >= 0.6 is 0 Å². The number of carbonyl (C=O) groups is 4. The summed E-state index contributed by atoms with van der Waals surface area (Å²) < 4.78 is 26.2. The second-order valence-corrected chi connectivity index (χ2v) is 31.2. The monoisotopic (exact) mass is 924 g/mol. The van der Waals surface area contributed by atoms with E-state index >= 15 is 0 Å². The molecule has 0 aromatic heterocycles. The first-order chi connectivity index (χ1) is 31.2. The lowest BCUT2D eigenvalue weighted by Gasteiger charge is -2.46. The van der Waals surface area contributed by atoms with E-state index in [-0.39, 0.29) is 79.3 Å². The third kappa shape index (κ3) is 6.54. The van der Waals surface area contributed by atoms with Gasteiger partial charge in [0.2, 0.25) is 0 Å². The third-order valence-corrected chi connectivity index (χ3v) is 27.9. The van der Waals surface area contributed by atoms with Gasteiger partial charge in [-0.25, -0.2) is 0 Å². The van der Waals surface area contributed by atoms with E-state index < -0.39 is 28.8 Å². The van der Waals surface area contributed by atoms with Crippen molar-refractivity contribution in [1.82, 2.24) is 0 Å². The highest BCUT2D eigenvalue weighted by molar-refractivity contribution is 7.00. The second kappa shape index (κ2) is 16.1. The standard InChI is InChI=1S/2C28H34O4Si/c1-19(29)31-25-22(30)18-23-27(5)24(16-17-28(23,25)27)32-33(26(2,3)4,20-12-8-6-9-13-20)21-14-10-7-11-15-21;1-19(29)31-24-22(30)18-28-17-16-23(27(28,5)25(24)28)32-33(26(2,3)4,20-12-8-6-9-13-20)21-14-10-7-11-15-21/h2*6-15,23-25H,16-18H2,1-5H3/t23-,24-,25+,27+,28?;23-,24-,25-,27-,28?/m00/s1. The number of fused-ring (bicyclic) bond motifs is 2. The first kappa shape index (κ1) is 46.6. The molecule has 2 spiro atoms. The third-order valence-electron chi connectivity index (χ3n) is 17.8. The Morgan fingerprint density at radius 3 is 1.35 bits per heavy atom. The Balaban J connectivity index is 0.000000166. The number of esters is 2. The lowest BCUT2D eigenvalue weighted by atomic mass is 9.89. The number of ketones is 2. The molecule has 6 aliphatic rings. The molecule has 4 aromatic carbocycles. The number of hydrogen-bond acceptors (Lipinski definition) is 8. The van der Waals surface area contributed by atoms with Crippen LogP contribution in [0.2, 0.25) is 10.1 Å². The molecule has 0 amide bonds. The average Bonchev–Trinajstić information content (AvgIpc) is 3.57. The van der Waals surface area contributed by atoms with E-state index in [1.165, 1.54) is 34.6 Å². The van der Waals surface area contributed by atoms with Crippen molar-refractivity contribution >= 4 is 60.9 Å². The Morgan fingerprint density at radius 1 is 0.561 bits per heavy atom. The highest BCUT2D eigenvalue weighted by Gasteiger charge is 2.88. The van der Waals surface area contributed by atoms with Crippen molar-refractivity contribution in [3.8, 4) is 0 Å². The summed E-state index contributed by atoms with van der Waals surface area (Å²) in [6.45, 7) is 21.1. The van der Waals surface area contributed by atoms with Gasteiger partial charge in [-0.05, 0) is 67.8 Å². The van der Waals surface area contributed by atoms with Crippen molar-refractivity contribution in [1.29, 1.82) is 0 Å². The van der Waals surface area contributed by atoms with E-state index in [1.807, 2.05) is 0 Å². The molecule has 66 heavy (non-hydrogen) atoms. The van der Waals surface area contributed by atoms with Gasteiger partial charge in [-0.15, -0.1) is 0 Å². The Bertz CT molecular complexity index is 2320. The first-order valence-corrected chi connectivity index (χ1v) is 28.0. The molecule has 2 unspecified atom stereocenters. The molecule has 10 rings (SSSR count). The predicted molar refractivity (Wildman–Crippen MR) is 262 cm³/mol. The molecule has 0 saturated heterocycles. The van der Waals surface area contributed by atoms with Crippen LogP contribution in [0.3, 0.4) is 0 Å². The summed E-state index contributed by atoms with van der Waals surface area (Å²) in [5.74, 6) is -0.271. The number of carbonyl (C=O) groups excluding carboxylic acids is 4. The van der Waals surface area contributed by atoms with Crippen LogP contribution in [0.1, 0.15) is 108 Å². The number of benzene rings is 4. The minimum Gasteiger partial charge on any atom is -0.454 e. The van der Waals surface area contributed by atoms with E-state index in [1.54, 1.807) is 0 Å². The van der Waals surface area contributed by atoms with Crippen LogP contribution in [0.5, 0.6) is 0 Å². The summed E-state index contributed by atoms with van der Waals surface area (Å²) in [6, 6.07) is 42.8. The van der Waals surface area contributed by atoms with Gasteiger partial charge in [0.15, 0.2) is 23.8 Å². The van der Waals surface area contributed by atoms with Crippen LogP contribution in [0, 0.1) is 33.5 Å². The van der Waals surface area contributed by atoms with Crippen LogP contribution < -0.4 is 20.7 Å². The zero-order valence-electron chi connectivity index (χ0n) is 40.5. The van der Waals surface area contributed by atoms with E-state index in [2.05, 4.69) is 177 Å². The minimum absolute atomic E-state index is 0.0277. The minimum atomic E-state index is -2.69. The van der Waals surface area contributed by atoms with Crippen LogP contribution in [0.4, 0.5) is 0 Å². The molecule has 10 atom stereocenters. The van der Waals surface area contributed by atoms with Gasteiger partial charge in [0.05, 0.1) is 12.2 Å². The molecule has 6 aliphatic carbocycles. The Labute approximate surface area is 393 Å². The van der Waals surface area contributed by atoms with Crippen molar-refractivity contribution in [2.24, 2.45) is 33.5 Å². The summed E-state index contributed by atoms with van der Waals surface area (Å²) in [6.07, 6.45) is 3.50. The Kier molecular flexibility index (Phi) is 11.3. The van der Waals surface area contributed by atoms with Gasteiger partial charge in [0, 0.05) is 48.9 Å². The first-order valence-electron chi connectivity index (χ1n) is 24.1. The van der Waals surface area contributed by atoms with Gasteiger partial charge >= 0.3 is 11.9 Å². The topological polar surface area (TPSA) is 105 Å². The number of ether oxygens (including phenoxy) is 2. The van der Waals surface area contributed by atoms with Crippen LogP contribution in [0.25, 0.3) is 0 Å². The molecular formula is C56H68O8Si2.